The second kappa shape index (κ2) is 8.58. The zero-order valence-corrected chi connectivity index (χ0v) is 16.8. The van der Waals surface area contributed by atoms with E-state index in [0.717, 1.165) is 42.6 Å². The molecule has 0 radical (unpaired) electrons. The number of hydrogen-bond donors (Lipinski definition) is 1. The van der Waals surface area contributed by atoms with Gasteiger partial charge in [-0.25, -0.2) is 0 Å². The molecule has 1 fully saturated rings. The lowest BCUT2D eigenvalue weighted by Crippen LogP contribution is -2.31. The number of rotatable bonds is 5. The van der Waals surface area contributed by atoms with Crippen LogP contribution in [0.5, 0.6) is 0 Å². The average Bonchev–Trinajstić information content (AvgIpc) is 3.22. The molecular weight excluding hydrogens is 393 g/mol. The molecule has 0 unspecified atom stereocenters. The summed E-state index contributed by atoms with van der Waals surface area (Å²) in [5, 5.41) is 12.6. The van der Waals surface area contributed by atoms with Crippen LogP contribution in [0.3, 0.4) is 0 Å². The first kappa shape index (κ1) is 19.3. The lowest BCUT2D eigenvalue weighted by molar-refractivity contribution is 0.0607. The first-order valence-corrected chi connectivity index (χ1v) is 10.1. The fourth-order valence-corrected chi connectivity index (χ4v) is 4.45. The van der Waals surface area contributed by atoms with Crippen LogP contribution < -0.4 is 0 Å². The van der Waals surface area contributed by atoms with Crippen molar-refractivity contribution in [3.63, 3.8) is 0 Å². The molecule has 1 aromatic carbocycles. The summed E-state index contributed by atoms with van der Waals surface area (Å²) in [6.07, 6.45) is 6.80. The monoisotopic (exact) mass is 413 g/mol. The Balaban J connectivity index is 1.78. The highest BCUT2D eigenvalue weighted by Gasteiger charge is 2.32. The molecule has 0 bridgehead atoms. The number of halogens is 2. The van der Waals surface area contributed by atoms with Crippen LogP contribution in [-0.4, -0.2) is 33.1 Å². The van der Waals surface area contributed by atoms with E-state index in [-0.39, 0.29) is 6.04 Å². The fraction of sp³-hybridized carbons (Fsp3) is 0.273. The molecule has 1 aliphatic rings. The first-order valence-electron chi connectivity index (χ1n) is 9.37. The molecule has 6 heteroatoms. The van der Waals surface area contributed by atoms with Gasteiger partial charge >= 0.3 is 0 Å². The third-order valence-corrected chi connectivity index (χ3v) is 5.59. The van der Waals surface area contributed by atoms with Crippen LogP contribution in [0.25, 0.3) is 11.3 Å². The minimum absolute atomic E-state index is 0.186. The summed E-state index contributed by atoms with van der Waals surface area (Å²) in [6, 6.07) is 12.8. The van der Waals surface area contributed by atoms with Crippen LogP contribution >= 0.6 is 23.2 Å². The van der Waals surface area contributed by atoms with E-state index in [1.54, 1.807) is 18.5 Å². The van der Waals surface area contributed by atoms with Gasteiger partial charge in [-0.05, 0) is 61.8 Å². The molecule has 0 saturated carbocycles. The Hall–Kier alpha value is -1.98. The SMILES string of the molecule is O[C@@H](c1cccnc1-c1cc(Cl)cc(Cl)c1)[C@@H](c1cccnc1)N1CCCC1. The van der Waals surface area contributed by atoms with E-state index >= 15 is 0 Å². The van der Waals surface area contributed by atoms with Crippen LogP contribution in [0.2, 0.25) is 10.0 Å². The molecule has 1 aliphatic heterocycles. The van der Waals surface area contributed by atoms with E-state index < -0.39 is 6.10 Å². The number of likely N-dealkylation sites (tertiary alicyclic amines) is 1. The number of aliphatic hydroxyl groups excluding tert-OH is 1. The Kier molecular flexibility index (Phi) is 5.93. The Bertz CT molecular complexity index is 925. The van der Waals surface area contributed by atoms with Gasteiger partial charge in [0, 0.05) is 39.8 Å². The molecule has 0 spiro atoms. The summed E-state index contributed by atoms with van der Waals surface area (Å²) >= 11 is 12.4. The number of aliphatic hydroxyl groups is 1. The van der Waals surface area contributed by atoms with Crippen molar-refractivity contribution in [2.24, 2.45) is 0 Å². The standard InChI is InChI=1S/C22H21Cl2N3O/c23-17-11-16(12-18(24)13-17)20-19(6-4-8-26-20)22(28)21(27-9-1-2-10-27)15-5-3-7-25-14-15/h3-8,11-14,21-22,28H,1-2,9-10H2/t21-,22+/m1/s1. The molecule has 0 aliphatic carbocycles. The van der Waals surface area contributed by atoms with Gasteiger partial charge in [0.05, 0.1) is 11.7 Å². The molecule has 0 amide bonds. The molecule has 3 aromatic rings. The number of hydrogen-bond acceptors (Lipinski definition) is 4. The molecule has 3 heterocycles. The lowest BCUT2D eigenvalue weighted by atomic mass is 9.92. The van der Waals surface area contributed by atoms with Crippen molar-refractivity contribution in [3.8, 4) is 11.3 Å². The van der Waals surface area contributed by atoms with Gasteiger partial charge in [-0.15, -0.1) is 0 Å². The van der Waals surface area contributed by atoms with E-state index in [0.29, 0.717) is 15.7 Å². The molecular formula is C22H21Cl2N3O. The molecule has 28 heavy (non-hydrogen) atoms. The quantitative estimate of drug-likeness (QED) is 0.614. The van der Waals surface area contributed by atoms with Crippen LogP contribution in [0.15, 0.2) is 61.1 Å². The number of aromatic nitrogens is 2. The van der Waals surface area contributed by atoms with Gasteiger partial charge in [0.15, 0.2) is 0 Å². The predicted octanol–water partition coefficient (Wildman–Crippen LogP) is 5.32. The zero-order chi connectivity index (χ0) is 19.5. The van der Waals surface area contributed by atoms with Gasteiger partial charge in [0.1, 0.15) is 6.10 Å². The van der Waals surface area contributed by atoms with Crippen molar-refractivity contribution in [3.05, 3.63) is 82.2 Å². The minimum Gasteiger partial charge on any atom is -0.386 e. The number of benzene rings is 1. The summed E-state index contributed by atoms with van der Waals surface area (Å²) < 4.78 is 0. The maximum atomic E-state index is 11.5. The van der Waals surface area contributed by atoms with Crippen LogP contribution in [-0.2, 0) is 0 Å². The van der Waals surface area contributed by atoms with E-state index in [9.17, 15) is 5.11 Å². The summed E-state index contributed by atoms with van der Waals surface area (Å²) in [4.78, 5) is 11.1. The second-order valence-corrected chi connectivity index (χ2v) is 7.89. The Morgan fingerprint density at radius 3 is 2.36 bits per heavy atom. The summed E-state index contributed by atoms with van der Waals surface area (Å²) in [5.74, 6) is 0. The number of pyridine rings is 2. The Labute approximate surface area is 174 Å². The van der Waals surface area contributed by atoms with E-state index in [1.807, 2.05) is 42.6 Å². The second-order valence-electron chi connectivity index (χ2n) is 7.02. The summed E-state index contributed by atoms with van der Waals surface area (Å²) in [5.41, 5.74) is 3.23. The number of nitrogens with zero attached hydrogens (tertiary/aromatic N) is 3. The molecule has 4 rings (SSSR count). The van der Waals surface area contributed by atoms with Crippen molar-refractivity contribution in [2.75, 3.05) is 13.1 Å². The smallest absolute Gasteiger partial charge is 0.101 e. The Morgan fingerprint density at radius 1 is 0.964 bits per heavy atom. The molecule has 2 aromatic heterocycles. The average molecular weight is 414 g/mol. The summed E-state index contributed by atoms with van der Waals surface area (Å²) in [6.45, 7) is 1.91. The van der Waals surface area contributed by atoms with Crippen molar-refractivity contribution in [1.29, 1.82) is 0 Å². The first-order chi connectivity index (χ1) is 13.6. The van der Waals surface area contributed by atoms with Gasteiger partial charge in [0.2, 0.25) is 0 Å². The van der Waals surface area contributed by atoms with E-state index in [4.69, 9.17) is 23.2 Å². The highest BCUT2D eigenvalue weighted by molar-refractivity contribution is 6.35. The van der Waals surface area contributed by atoms with Crippen molar-refractivity contribution >= 4 is 23.2 Å². The van der Waals surface area contributed by atoms with Gasteiger partial charge in [-0.1, -0.05) is 35.3 Å². The van der Waals surface area contributed by atoms with Crippen molar-refractivity contribution < 1.29 is 5.11 Å². The topological polar surface area (TPSA) is 49.3 Å². The Morgan fingerprint density at radius 2 is 1.68 bits per heavy atom. The van der Waals surface area contributed by atoms with Gasteiger partial charge in [0.25, 0.3) is 0 Å². The van der Waals surface area contributed by atoms with E-state index in [2.05, 4.69) is 14.9 Å². The maximum Gasteiger partial charge on any atom is 0.101 e. The van der Waals surface area contributed by atoms with Crippen molar-refractivity contribution in [1.82, 2.24) is 14.9 Å². The van der Waals surface area contributed by atoms with Crippen LogP contribution in [0.1, 0.15) is 36.1 Å². The normalized spacial score (nSPS) is 16.8. The third kappa shape index (κ3) is 4.06. The van der Waals surface area contributed by atoms with Gasteiger partial charge in [-0.2, -0.15) is 0 Å². The van der Waals surface area contributed by atoms with E-state index in [1.165, 1.54) is 0 Å². The largest absolute Gasteiger partial charge is 0.386 e. The summed E-state index contributed by atoms with van der Waals surface area (Å²) in [7, 11) is 0. The molecule has 4 nitrogen and oxygen atoms in total. The molecule has 144 valence electrons. The zero-order valence-electron chi connectivity index (χ0n) is 15.3. The maximum absolute atomic E-state index is 11.5. The highest BCUT2D eigenvalue weighted by Crippen LogP contribution is 2.39. The molecule has 1 N–H and O–H groups in total. The lowest BCUT2D eigenvalue weighted by Gasteiger charge is -2.32. The van der Waals surface area contributed by atoms with Gasteiger partial charge < -0.3 is 5.11 Å². The van der Waals surface area contributed by atoms with Crippen LogP contribution in [0, 0.1) is 0 Å². The molecule has 1 saturated heterocycles. The fourth-order valence-electron chi connectivity index (χ4n) is 3.92. The van der Waals surface area contributed by atoms with Crippen molar-refractivity contribution in [2.45, 2.75) is 25.0 Å². The van der Waals surface area contributed by atoms with Crippen LogP contribution in [0.4, 0.5) is 0 Å². The highest BCUT2D eigenvalue weighted by atomic mass is 35.5. The minimum atomic E-state index is -0.760. The third-order valence-electron chi connectivity index (χ3n) is 5.15. The van der Waals surface area contributed by atoms with Gasteiger partial charge in [-0.3, -0.25) is 14.9 Å². The predicted molar refractivity (Wildman–Crippen MR) is 112 cm³/mol. The molecule has 2 atom stereocenters.